The van der Waals surface area contributed by atoms with Gasteiger partial charge in [0.15, 0.2) is 6.10 Å². The number of carboxylic acids is 2. The van der Waals surface area contributed by atoms with Crippen molar-refractivity contribution in [3.05, 3.63) is 53.1 Å². The van der Waals surface area contributed by atoms with Crippen molar-refractivity contribution in [3.63, 3.8) is 0 Å². The summed E-state index contributed by atoms with van der Waals surface area (Å²) in [5, 5.41) is 28.6. The van der Waals surface area contributed by atoms with Gasteiger partial charge in [-0.05, 0) is 31.0 Å². The van der Waals surface area contributed by atoms with Crippen molar-refractivity contribution in [2.75, 3.05) is 0 Å². The minimum Gasteiger partial charge on any atom is -0.507 e. The first-order valence-corrected chi connectivity index (χ1v) is 9.38. The van der Waals surface area contributed by atoms with E-state index in [1.807, 2.05) is 6.92 Å². The molecule has 32 heavy (non-hydrogen) atoms. The molecule has 0 heterocycles. The fourth-order valence-corrected chi connectivity index (χ4v) is 2.63. The molecular weight excluding hydrogens is 433 g/mol. The molecule has 0 aromatic heterocycles. The number of carbonyl (C=O) groups is 2. The van der Waals surface area contributed by atoms with Crippen molar-refractivity contribution >= 4 is 11.9 Å². The molecular formula is C22H19F3O7. The van der Waals surface area contributed by atoms with E-state index in [1.165, 1.54) is 18.2 Å². The van der Waals surface area contributed by atoms with Crippen LogP contribution in [0.25, 0.3) is 0 Å². The van der Waals surface area contributed by atoms with Gasteiger partial charge in [0.2, 0.25) is 0 Å². The lowest BCUT2D eigenvalue weighted by Crippen LogP contribution is -2.27. The molecule has 7 nitrogen and oxygen atoms in total. The molecule has 0 saturated heterocycles. The van der Waals surface area contributed by atoms with Crippen molar-refractivity contribution in [1.29, 1.82) is 0 Å². The number of para-hydroxylation sites is 1. The predicted octanol–water partition coefficient (Wildman–Crippen LogP) is 4.41. The van der Waals surface area contributed by atoms with E-state index in [9.17, 15) is 38.1 Å². The molecule has 0 amide bonds. The second kappa shape index (κ2) is 10.4. The highest BCUT2D eigenvalue weighted by Gasteiger charge is 2.32. The van der Waals surface area contributed by atoms with Crippen LogP contribution in [0, 0.1) is 11.8 Å². The van der Waals surface area contributed by atoms with E-state index in [1.54, 1.807) is 0 Å². The molecule has 0 aliphatic rings. The maximum atomic E-state index is 12.6. The largest absolute Gasteiger partial charge is 0.573 e. The molecule has 0 saturated carbocycles. The summed E-state index contributed by atoms with van der Waals surface area (Å²) >= 11 is 0. The van der Waals surface area contributed by atoms with Crippen molar-refractivity contribution in [2.45, 2.75) is 38.7 Å². The molecule has 0 aliphatic carbocycles. The zero-order valence-corrected chi connectivity index (χ0v) is 16.8. The minimum absolute atomic E-state index is 0.134. The Labute approximate surface area is 181 Å². The fourth-order valence-electron chi connectivity index (χ4n) is 2.63. The molecule has 2 aromatic carbocycles. The van der Waals surface area contributed by atoms with Crippen molar-refractivity contribution in [3.8, 4) is 29.1 Å². The van der Waals surface area contributed by atoms with Crippen LogP contribution in [0.2, 0.25) is 0 Å². The van der Waals surface area contributed by atoms with E-state index in [-0.39, 0.29) is 23.3 Å². The maximum Gasteiger partial charge on any atom is 0.573 e. The highest BCUT2D eigenvalue weighted by atomic mass is 19.4. The molecule has 0 aliphatic heterocycles. The number of aromatic hydroxyl groups is 1. The normalized spacial score (nSPS) is 11.8. The van der Waals surface area contributed by atoms with Gasteiger partial charge in [0, 0.05) is 6.07 Å². The monoisotopic (exact) mass is 452 g/mol. The predicted molar refractivity (Wildman–Crippen MR) is 106 cm³/mol. The Morgan fingerprint density at radius 1 is 1.06 bits per heavy atom. The number of rotatable bonds is 8. The maximum absolute atomic E-state index is 12.6. The minimum atomic E-state index is -4.95. The Morgan fingerprint density at radius 2 is 1.72 bits per heavy atom. The third-order valence-electron chi connectivity index (χ3n) is 4.14. The second-order valence-electron chi connectivity index (χ2n) is 6.55. The molecule has 170 valence electrons. The molecule has 0 radical (unpaired) electrons. The Kier molecular flexibility index (Phi) is 7.96. The lowest BCUT2D eigenvalue weighted by Gasteiger charge is -2.17. The van der Waals surface area contributed by atoms with Crippen LogP contribution in [0.5, 0.6) is 17.2 Å². The number of aromatic carboxylic acids is 1. The van der Waals surface area contributed by atoms with Crippen LogP contribution in [0.3, 0.4) is 0 Å². The third-order valence-corrected chi connectivity index (χ3v) is 4.14. The molecule has 10 heteroatoms. The summed E-state index contributed by atoms with van der Waals surface area (Å²) in [6.45, 7) is 1.85. The van der Waals surface area contributed by atoms with Crippen molar-refractivity contribution in [2.24, 2.45) is 0 Å². The molecule has 0 spiro atoms. The molecule has 2 rings (SSSR count). The number of phenols is 1. The van der Waals surface area contributed by atoms with Gasteiger partial charge in [-0.15, -0.1) is 13.2 Å². The third kappa shape index (κ3) is 6.84. The van der Waals surface area contributed by atoms with Crippen LogP contribution in [-0.4, -0.2) is 39.7 Å². The summed E-state index contributed by atoms with van der Waals surface area (Å²) < 4.78 is 47.2. The number of benzene rings is 2. The standard InChI is InChI=1S/C22H19F3O7/c1-2-3-7-18(21(29)30)31-19-12-16(26)15(20(27)28)11-14(19)10-9-13-6-4-5-8-17(13)32-22(23,24)25/h4-6,8,11-12,18,26H,2-3,7H2,1H3,(H,27,28)(H,29,30)/t18-/m0/s1. The fraction of sp³-hybridized carbons (Fsp3) is 0.273. The van der Waals surface area contributed by atoms with Gasteiger partial charge in [-0.1, -0.05) is 37.3 Å². The molecule has 2 aromatic rings. The van der Waals surface area contributed by atoms with E-state index in [2.05, 4.69) is 16.6 Å². The lowest BCUT2D eigenvalue weighted by atomic mass is 10.1. The van der Waals surface area contributed by atoms with Crippen LogP contribution in [0.15, 0.2) is 36.4 Å². The number of unbranched alkanes of at least 4 members (excludes halogenated alkanes) is 1. The summed E-state index contributed by atoms with van der Waals surface area (Å²) in [5.74, 6) is 0.696. The smallest absolute Gasteiger partial charge is 0.507 e. The molecule has 3 N–H and O–H groups in total. The summed E-state index contributed by atoms with van der Waals surface area (Å²) in [6.07, 6.45) is -4.89. The number of alkyl halides is 3. The average molecular weight is 452 g/mol. The first kappa shape index (κ1) is 24.4. The number of hydrogen-bond donors (Lipinski definition) is 3. The van der Waals surface area contributed by atoms with Crippen LogP contribution in [0.1, 0.15) is 47.7 Å². The zero-order chi connectivity index (χ0) is 23.9. The van der Waals surface area contributed by atoms with Gasteiger partial charge in [-0.25, -0.2) is 9.59 Å². The molecule has 1 atom stereocenters. The summed E-state index contributed by atoms with van der Waals surface area (Å²) in [6, 6.07) is 6.91. The van der Waals surface area contributed by atoms with Gasteiger partial charge in [-0.2, -0.15) is 0 Å². The number of aliphatic carboxylic acids is 1. The van der Waals surface area contributed by atoms with E-state index in [4.69, 9.17) is 4.74 Å². The van der Waals surface area contributed by atoms with E-state index in [0.717, 1.165) is 18.2 Å². The quantitative estimate of drug-likeness (QED) is 0.509. The molecule has 0 fully saturated rings. The first-order chi connectivity index (χ1) is 15.0. The highest BCUT2D eigenvalue weighted by Crippen LogP contribution is 2.30. The summed E-state index contributed by atoms with van der Waals surface area (Å²) in [7, 11) is 0. The second-order valence-corrected chi connectivity index (χ2v) is 6.55. The van der Waals surface area contributed by atoms with E-state index < -0.39 is 41.5 Å². The number of hydrogen-bond acceptors (Lipinski definition) is 5. The van der Waals surface area contributed by atoms with E-state index in [0.29, 0.717) is 12.8 Å². The van der Waals surface area contributed by atoms with Gasteiger partial charge in [0.1, 0.15) is 22.8 Å². The van der Waals surface area contributed by atoms with Crippen LogP contribution in [0.4, 0.5) is 13.2 Å². The first-order valence-electron chi connectivity index (χ1n) is 9.38. The Hall–Kier alpha value is -3.87. The van der Waals surface area contributed by atoms with Crippen LogP contribution in [-0.2, 0) is 4.79 Å². The number of carboxylic acid groups (broad SMARTS) is 2. The number of ether oxygens (including phenoxy) is 2. The van der Waals surface area contributed by atoms with Gasteiger partial charge in [-0.3, -0.25) is 0 Å². The van der Waals surface area contributed by atoms with Gasteiger partial charge >= 0.3 is 18.3 Å². The van der Waals surface area contributed by atoms with Crippen molar-refractivity contribution in [1.82, 2.24) is 0 Å². The Balaban J connectivity index is 2.53. The lowest BCUT2D eigenvalue weighted by molar-refractivity contribution is -0.274. The van der Waals surface area contributed by atoms with Gasteiger partial charge in [0.25, 0.3) is 0 Å². The zero-order valence-electron chi connectivity index (χ0n) is 16.8. The average Bonchev–Trinajstić information content (AvgIpc) is 2.69. The topological polar surface area (TPSA) is 113 Å². The highest BCUT2D eigenvalue weighted by molar-refractivity contribution is 5.91. The van der Waals surface area contributed by atoms with Gasteiger partial charge in [0.05, 0.1) is 11.1 Å². The summed E-state index contributed by atoms with van der Waals surface area (Å²) in [5.41, 5.74) is -0.826. The Bertz CT molecular complexity index is 1050. The van der Waals surface area contributed by atoms with Crippen molar-refractivity contribution < 1.29 is 47.6 Å². The molecule has 0 unspecified atom stereocenters. The van der Waals surface area contributed by atoms with Gasteiger partial charge < -0.3 is 24.8 Å². The Morgan fingerprint density at radius 3 is 2.31 bits per heavy atom. The SMILES string of the molecule is CCCC[C@H](Oc1cc(O)c(C(=O)O)cc1C#Cc1ccccc1OC(F)(F)F)C(=O)O. The molecule has 0 bridgehead atoms. The van der Waals surface area contributed by atoms with E-state index >= 15 is 0 Å². The number of halogens is 3. The van der Waals surface area contributed by atoms with Crippen LogP contribution < -0.4 is 9.47 Å². The van der Waals surface area contributed by atoms with Crippen LogP contribution >= 0.6 is 0 Å². The summed E-state index contributed by atoms with van der Waals surface area (Å²) in [4.78, 5) is 22.9.